The average Bonchev–Trinajstić information content (AvgIpc) is 3.28. The van der Waals surface area contributed by atoms with Gasteiger partial charge in [0, 0.05) is 35.1 Å². The number of carbonyl (C=O) groups excluding carboxylic acids is 2. The molecule has 0 radical (unpaired) electrons. The fraction of sp³-hybridized carbons (Fsp3) is 0.500. The molecular weight excluding hydrogens is 364 g/mol. The molecule has 0 spiro atoms. The van der Waals surface area contributed by atoms with Crippen molar-refractivity contribution in [3.63, 3.8) is 0 Å². The summed E-state index contributed by atoms with van der Waals surface area (Å²) in [6.07, 6.45) is 4.44. The van der Waals surface area contributed by atoms with E-state index in [2.05, 4.69) is 15.2 Å². The Morgan fingerprint density at radius 1 is 1.19 bits per heavy atom. The molecule has 0 saturated heterocycles. The van der Waals surface area contributed by atoms with Crippen LogP contribution in [-0.2, 0) is 4.79 Å². The Kier molecular flexibility index (Phi) is 6.39. The first kappa shape index (κ1) is 19.7. The molecule has 0 aliphatic heterocycles. The number of halogens is 1. The molecule has 1 aromatic heterocycles. The molecule has 1 heterocycles. The van der Waals surface area contributed by atoms with Crippen LogP contribution < -0.4 is 5.32 Å². The number of likely N-dealkylation sites (N-methyl/N-ethyl adjacent to an activating group) is 1. The summed E-state index contributed by atoms with van der Waals surface area (Å²) in [5.74, 6) is -0.300. The lowest BCUT2D eigenvalue weighted by molar-refractivity contribution is -0.132. The maximum absolute atomic E-state index is 12.8. The number of aromatic nitrogens is 1. The van der Waals surface area contributed by atoms with Crippen LogP contribution in [0.15, 0.2) is 24.3 Å². The standard InChI is InChI=1S/C20H27ClN4O2/c1-24(2)9-10-25(16-5-3-4-6-16)19(26)13-22-20(27)18-12-14-11-15(21)7-8-17(14)23-18/h7-8,11-12,16,23H,3-6,9-10,13H2,1-2H3,(H,22,27). The highest BCUT2D eigenvalue weighted by Gasteiger charge is 2.26. The Morgan fingerprint density at radius 2 is 1.93 bits per heavy atom. The fourth-order valence-corrected chi connectivity index (χ4v) is 3.79. The van der Waals surface area contributed by atoms with E-state index in [0.717, 1.165) is 30.3 Å². The van der Waals surface area contributed by atoms with Crippen molar-refractivity contribution in [3.8, 4) is 0 Å². The molecule has 1 aliphatic carbocycles. The molecule has 6 nitrogen and oxygen atoms in total. The van der Waals surface area contributed by atoms with Crippen LogP contribution in [-0.4, -0.2) is 66.4 Å². The lowest BCUT2D eigenvalue weighted by atomic mass is 10.2. The van der Waals surface area contributed by atoms with Gasteiger partial charge in [-0.1, -0.05) is 24.4 Å². The number of carbonyl (C=O) groups is 2. The SMILES string of the molecule is CN(C)CCN(C(=O)CNC(=O)c1cc2cc(Cl)ccc2[nH]1)C1CCCC1. The van der Waals surface area contributed by atoms with Crippen molar-refractivity contribution in [2.75, 3.05) is 33.7 Å². The van der Waals surface area contributed by atoms with Crippen molar-refractivity contribution < 1.29 is 9.59 Å². The molecule has 1 saturated carbocycles. The number of nitrogens with zero attached hydrogens (tertiary/aromatic N) is 2. The largest absolute Gasteiger partial charge is 0.351 e. The summed E-state index contributed by atoms with van der Waals surface area (Å²) in [6, 6.07) is 7.46. The van der Waals surface area contributed by atoms with Gasteiger partial charge >= 0.3 is 0 Å². The van der Waals surface area contributed by atoms with E-state index in [4.69, 9.17) is 11.6 Å². The van der Waals surface area contributed by atoms with Gasteiger partial charge in [0.2, 0.25) is 5.91 Å². The van der Waals surface area contributed by atoms with Gasteiger partial charge in [-0.05, 0) is 51.2 Å². The molecule has 1 aliphatic rings. The topological polar surface area (TPSA) is 68.4 Å². The number of hydrogen-bond donors (Lipinski definition) is 2. The number of benzene rings is 1. The van der Waals surface area contributed by atoms with Crippen LogP contribution in [0.1, 0.15) is 36.2 Å². The second-order valence-electron chi connectivity index (χ2n) is 7.43. The normalized spacial score (nSPS) is 14.8. The van der Waals surface area contributed by atoms with Crippen LogP contribution in [0.25, 0.3) is 10.9 Å². The van der Waals surface area contributed by atoms with E-state index in [1.54, 1.807) is 18.2 Å². The molecule has 2 N–H and O–H groups in total. The zero-order valence-corrected chi connectivity index (χ0v) is 16.7. The molecule has 2 amide bonds. The number of amides is 2. The van der Waals surface area contributed by atoms with Gasteiger partial charge in [0.05, 0.1) is 6.54 Å². The van der Waals surface area contributed by atoms with E-state index >= 15 is 0 Å². The smallest absolute Gasteiger partial charge is 0.268 e. The minimum atomic E-state index is -0.283. The number of aromatic amines is 1. The first-order valence-electron chi connectivity index (χ1n) is 9.44. The molecule has 3 rings (SSSR count). The Hall–Kier alpha value is -2.05. The highest BCUT2D eigenvalue weighted by atomic mass is 35.5. The molecular formula is C20H27ClN4O2. The van der Waals surface area contributed by atoms with Gasteiger partial charge in [-0.2, -0.15) is 0 Å². The zero-order chi connectivity index (χ0) is 19.4. The number of fused-ring (bicyclic) bond motifs is 1. The van der Waals surface area contributed by atoms with E-state index in [1.165, 1.54) is 12.8 Å². The molecule has 7 heteroatoms. The summed E-state index contributed by atoms with van der Waals surface area (Å²) < 4.78 is 0. The van der Waals surface area contributed by atoms with Gasteiger partial charge < -0.3 is 20.1 Å². The lowest BCUT2D eigenvalue weighted by Gasteiger charge is -2.30. The van der Waals surface area contributed by atoms with Gasteiger partial charge in [0.1, 0.15) is 5.69 Å². The monoisotopic (exact) mass is 390 g/mol. The van der Waals surface area contributed by atoms with Crippen LogP contribution in [0.3, 0.4) is 0 Å². The van der Waals surface area contributed by atoms with Gasteiger partial charge in [0.15, 0.2) is 0 Å². The summed E-state index contributed by atoms with van der Waals surface area (Å²) in [6.45, 7) is 1.52. The predicted molar refractivity (Wildman–Crippen MR) is 108 cm³/mol. The maximum atomic E-state index is 12.8. The van der Waals surface area contributed by atoms with Crippen LogP contribution in [0.2, 0.25) is 5.02 Å². The van der Waals surface area contributed by atoms with E-state index in [1.807, 2.05) is 25.1 Å². The third kappa shape index (κ3) is 5.02. The highest BCUT2D eigenvalue weighted by molar-refractivity contribution is 6.31. The lowest BCUT2D eigenvalue weighted by Crippen LogP contribution is -2.47. The van der Waals surface area contributed by atoms with Crippen molar-refractivity contribution in [1.82, 2.24) is 20.1 Å². The van der Waals surface area contributed by atoms with Gasteiger partial charge in [0.25, 0.3) is 5.91 Å². The van der Waals surface area contributed by atoms with Gasteiger partial charge in [-0.3, -0.25) is 9.59 Å². The van der Waals surface area contributed by atoms with Gasteiger partial charge in [-0.25, -0.2) is 0 Å². The van der Waals surface area contributed by atoms with Crippen LogP contribution in [0, 0.1) is 0 Å². The van der Waals surface area contributed by atoms with Crippen LogP contribution >= 0.6 is 11.6 Å². The number of hydrogen-bond acceptors (Lipinski definition) is 3. The minimum Gasteiger partial charge on any atom is -0.351 e. The minimum absolute atomic E-state index is 0.0128. The summed E-state index contributed by atoms with van der Waals surface area (Å²) in [5.41, 5.74) is 1.27. The second kappa shape index (κ2) is 8.76. The summed E-state index contributed by atoms with van der Waals surface area (Å²) in [7, 11) is 4.00. The first-order valence-corrected chi connectivity index (χ1v) is 9.82. The maximum Gasteiger partial charge on any atom is 0.268 e. The average molecular weight is 391 g/mol. The Balaban J connectivity index is 1.61. The Morgan fingerprint density at radius 3 is 2.63 bits per heavy atom. The third-order valence-electron chi connectivity index (χ3n) is 5.10. The molecule has 1 aromatic carbocycles. The molecule has 27 heavy (non-hydrogen) atoms. The summed E-state index contributed by atoms with van der Waals surface area (Å²) in [5, 5.41) is 4.25. The van der Waals surface area contributed by atoms with Crippen LogP contribution in [0.4, 0.5) is 0 Å². The molecule has 1 fully saturated rings. The molecule has 0 atom stereocenters. The van der Waals surface area contributed by atoms with Crippen LogP contribution in [0.5, 0.6) is 0 Å². The Labute approximate surface area is 164 Å². The van der Waals surface area contributed by atoms with Crippen molar-refractivity contribution in [1.29, 1.82) is 0 Å². The zero-order valence-electron chi connectivity index (χ0n) is 15.9. The molecule has 0 unspecified atom stereocenters. The van der Waals surface area contributed by atoms with Crippen molar-refractivity contribution in [2.45, 2.75) is 31.7 Å². The highest BCUT2D eigenvalue weighted by Crippen LogP contribution is 2.23. The van der Waals surface area contributed by atoms with E-state index in [0.29, 0.717) is 23.3 Å². The summed E-state index contributed by atoms with van der Waals surface area (Å²) >= 11 is 5.99. The number of rotatable bonds is 7. The van der Waals surface area contributed by atoms with Crippen molar-refractivity contribution in [2.24, 2.45) is 0 Å². The molecule has 146 valence electrons. The number of H-pyrrole nitrogens is 1. The van der Waals surface area contributed by atoms with E-state index in [-0.39, 0.29) is 18.4 Å². The Bertz CT molecular complexity index is 811. The fourth-order valence-electron chi connectivity index (χ4n) is 3.61. The number of nitrogens with one attached hydrogen (secondary N) is 2. The first-order chi connectivity index (χ1) is 12.9. The third-order valence-corrected chi connectivity index (χ3v) is 5.34. The molecule has 0 bridgehead atoms. The van der Waals surface area contributed by atoms with E-state index in [9.17, 15) is 9.59 Å². The predicted octanol–water partition coefficient (Wildman–Crippen LogP) is 2.88. The van der Waals surface area contributed by atoms with Gasteiger partial charge in [-0.15, -0.1) is 0 Å². The quantitative estimate of drug-likeness (QED) is 0.763. The van der Waals surface area contributed by atoms with Crippen molar-refractivity contribution in [3.05, 3.63) is 35.0 Å². The molecule has 2 aromatic rings. The summed E-state index contributed by atoms with van der Waals surface area (Å²) in [4.78, 5) is 32.3. The van der Waals surface area contributed by atoms with E-state index < -0.39 is 0 Å². The van der Waals surface area contributed by atoms with Crippen molar-refractivity contribution >= 4 is 34.3 Å². The second-order valence-corrected chi connectivity index (χ2v) is 7.86.